The Morgan fingerprint density at radius 3 is 2.81 bits per heavy atom. The topological polar surface area (TPSA) is 38.1 Å². The number of nitrogens with zero attached hydrogens (tertiary/aromatic N) is 1. The summed E-state index contributed by atoms with van der Waals surface area (Å²) in [6, 6.07) is 0.389. The highest BCUT2D eigenvalue weighted by atomic mass is 32.2. The van der Waals surface area contributed by atoms with E-state index in [4.69, 9.17) is 4.42 Å². The van der Waals surface area contributed by atoms with Gasteiger partial charge in [-0.1, -0.05) is 31.0 Å². The van der Waals surface area contributed by atoms with Crippen LogP contribution in [0.4, 0.5) is 5.88 Å². The predicted octanol–water partition coefficient (Wildman–Crippen LogP) is 3.92. The van der Waals surface area contributed by atoms with Crippen molar-refractivity contribution in [1.82, 2.24) is 4.98 Å². The molecule has 1 fully saturated rings. The first-order chi connectivity index (χ1) is 7.74. The lowest BCUT2D eigenvalue weighted by molar-refractivity contribution is 0.455. The van der Waals surface area contributed by atoms with Gasteiger partial charge in [0, 0.05) is 11.3 Å². The van der Waals surface area contributed by atoms with Gasteiger partial charge in [0.25, 0.3) is 5.22 Å². The number of hydrogen-bond donors (Lipinski definition) is 1. The van der Waals surface area contributed by atoms with Crippen LogP contribution in [0.25, 0.3) is 0 Å². The summed E-state index contributed by atoms with van der Waals surface area (Å²) in [6.07, 6.45) is 8.50. The van der Waals surface area contributed by atoms with E-state index in [1.54, 1.807) is 18.0 Å². The van der Waals surface area contributed by atoms with Gasteiger partial charge in [-0.3, -0.25) is 0 Å². The molecule has 0 aromatic carbocycles. The largest absolute Gasteiger partial charge is 0.415 e. The number of oxazole rings is 1. The summed E-state index contributed by atoms with van der Waals surface area (Å²) < 4.78 is 5.64. The van der Waals surface area contributed by atoms with Crippen LogP contribution in [0.5, 0.6) is 0 Å². The zero-order valence-electron chi connectivity index (χ0n) is 10.0. The van der Waals surface area contributed by atoms with Gasteiger partial charge in [0.15, 0.2) is 0 Å². The highest BCUT2D eigenvalue weighted by Crippen LogP contribution is 2.33. The zero-order chi connectivity index (χ0) is 11.4. The Balaban J connectivity index is 1.86. The van der Waals surface area contributed by atoms with Crippen molar-refractivity contribution in [1.29, 1.82) is 0 Å². The lowest BCUT2D eigenvalue weighted by atomic mass is 10.0. The number of hydrogen-bond acceptors (Lipinski definition) is 4. The van der Waals surface area contributed by atoms with Gasteiger partial charge in [-0.05, 0) is 26.7 Å². The highest BCUT2D eigenvalue weighted by Gasteiger charge is 2.17. The number of aromatic nitrogens is 1. The van der Waals surface area contributed by atoms with Crippen molar-refractivity contribution in [2.24, 2.45) is 0 Å². The molecule has 2 rings (SSSR count). The molecule has 1 N–H and O–H groups in total. The van der Waals surface area contributed by atoms with Gasteiger partial charge in [0.1, 0.15) is 0 Å². The average molecular weight is 240 g/mol. The SMILES string of the molecule is CC(C)Nc1cnc(SC2CCCCC2)o1. The van der Waals surface area contributed by atoms with Gasteiger partial charge in [0.05, 0.1) is 6.20 Å². The predicted molar refractivity (Wildman–Crippen MR) is 68.0 cm³/mol. The minimum absolute atomic E-state index is 0.389. The number of nitrogens with one attached hydrogen (secondary N) is 1. The van der Waals surface area contributed by atoms with Crippen molar-refractivity contribution in [3.8, 4) is 0 Å². The molecular weight excluding hydrogens is 220 g/mol. The molecule has 1 aromatic rings. The Morgan fingerprint density at radius 2 is 2.12 bits per heavy atom. The van der Waals surface area contributed by atoms with Gasteiger partial charge in [-0.2, -0.15) is 0 Å². The maximum atomic E-state index is 5.64. The van der Waals surface area contributed by atoms with Gasteiger partial charge < -0.3 is 9.73 Å². The molecular formula is C12H20N2OS. The molecule has 1 aromatic heterocycles. The summed E-state index contributed by atoms with van der Waals surface area (Å²) >= 11 is 1.79. The van der Waals surface area contributed by atoms with Crippen molar-refractivity contribution >= 4 is 17.6 Å². The quantitative estimate of drug-likeness (QED) is 0.865. The normalized spacial score (nSPS) is 17.9. The fraction of sp³-hybridized carbons (Fsp3) is 0.750. The van der Waals surface area contributed by atoms with Crippen LogP contribution in [-0.4, -0.2) is 16.3 Å². The fourth-order valence-electron chi connectivity index (χ4n) is 1.99. The van der Waals surface area contributed by atoms with Gasteiger partial charge in [-0.15, -0.1) is 0 Å². The minimum atomic E-state index is 0.389. The van der Waals surface area contributed by atoms with E-state index in [1.807, 2.05) is 0 Å². The van der Waals surface area contributed by atoms with Crippen LogP contribution in [0, 0.1) is 0 Å². The summed E-state index contributed by atoms with van der Waals surface area (Å²) in [5, 5.41) is 4.74. The maximum absolute atomic E-state index is 5.64. The third-order valence-electron chi connectivity index (χ3n) is 2.74. The van der Waals surface area contributed by atoms with E-state index in [-0.39, 0.29) is 0 Å². The third kappa shape index (κ3) is 3.44. The Bertz CT molecular complexity index is 319. The lowest BCUT2D eigenvalue weighted by Crippen LogP contribution is -2.08. The van der Waals surface area contributed by atoms with Crippen molar-refractivity contribution in [3.63, 3.8) is 0 Å². The Morgan fingerprint density at radius 1 is 1.38 bits per heavy atom. The molecule has 1 aliphatic rings. The molecule has 0 spiro atoms. The van der Waals surface area contributed by atoms with Gasteiger partial charge in [-0.25, -0.2) is 4.98 Å². The third-order valence-corrected chi connectivity index (χ3v) is 3.93. The molecule has 0 amide bonds. The minimum Gasteiger partial charge on any atom is -0.415 e. The van der Waals surface area contributed by atoms with Crippen molar-refractivity contribution < 1.29 is 4.42 Å². The van der Waals surface area contributed by atoms with Crippen LogP contribution in [0.15, 0.2) is 15.8 Å². The molecule has 1 saturated carbocycles. The van der Waals surface area contributed by atoms with E-state index in [0.717, 1.165) is 11.1 Å². The first-order valence-corrected chi connectivity index (χ1v) is 7.01. The summed E-state index contributed by atoms with van der Waals surface area (Å²) in [5.41, 5.74) is 0. The maximum Gasteiger partial charge on any atom is 0.257 e. The van der Waals surface area contributed by atoms with Crippen LogP contribution in [0.2, 0.25) is 0 Å². The first kappa shape index (κ1) is 11.8. The molecule has 0 aliphatic heterocycles. The van der Waals surface area contributed by atoms with Gasteiger partial charge in [0.2, 0.25) is 5.88 Å². The van der Waals surface area contributed by atoms with E-state index in [1.165, 1.54) is 32.1 Å². The Labute approximate surface area is 101 Å². The molecule has 16 heavy (non-hydrogen) atoms. The van der Waals surface area contributed by atoms with Gasteiger partial charge >= 0.3 is 0 Å². The molecule has 4 heteroatoms. The fourth-order valence-corrected chi connectivity index (χ4v) is 3.10. The monoisotopic (exact) mass is 240 g/mol. The molecule has 0 atom stereocenters. The summed E-state index contributed by atoms with van der Waals surface area (Å²) in [5.74, 6) is 0.785. The molecule has 0 saturated heterocycles. The van der Waals surface area contributed by atoms with Crippen molar-refractivity contribution in [2.45, 2.75) is 62.5 Å². The zero-order valence-corrected chi connectivity index (χ0v) is 10.8. The summed E-state index contributed by atoms with van der Waals surface area (Å²) in [4.78, 5) is 4.30. The standard InChI is InChI=1S/C12H20N2OS/c1-9(2)14-11-8-13-12(15-11)16-10-6-4-3-5-7-10/h8-10,14H,3-7H2,1-2H3. The Hall–Kier alpha value is -0.640. The van der Waals surface area contributed by atoms with Crippen LogP contribution >= 0.6 is 11.8 Å². The molecule has 1 aliphatic carbocycles. The van der Waals surface area contributed by atoms with E-state index >= 15 is 0 Å². The van der Waals surface area contributed by atoms with E-state index < -0.39 is 0 Å². The molecule has 1 heterocycles. The van der Waals surface area contributed by atoms with Crippen LogP contribution < -0.4 is 5.32 Å². The Kier molecular flexibility index (Phi) is 4.16. The molecule has 0 bridgehead atoms. The summed E-state index contributed by atoms with van der Waals surface area (Å²) in [6.45, 7) is 4.19. The first-order valence-electron chi connectivity index (χ1n) is 6.13. The average Bonchev–Trinajstić information content (AvgIpc) is 2.66. The van der Waals surface area contributed by atoms with Crippen LogP contribution in [0.1, 0.15) is 46.0 Å². The van der Waals surface area contributed by atoms with E-state index in [2.05, 4.69) is 24.1 Å². The second kappa shape index (κ2) is 5.62. The molecule has 0 radical (unpaired) electrons. The molecule has 90 valence electrons. The summed E-state index contributed by atoms with van der Waals surface area (Å²) in [7, 11) is 0. The molecule has 0 unspecified atom stereocenters. The van der Waals surface area contributed by atoms with E-state index in [9.17, 15) is 0 Å². The molecule has 3 nitrogen and oxygen atoms in total. The number of rotatable bonds is 4. The van der Waals surface area contributed by atoms with Crippen molar-refractivity contribution in [2.75, 3.05) is 5.32 Å². The lowest BCUT2D eigenvalue weighted by Gasteiger charge is -2.18. The van der Waals surface area contributed by atoms with Crippen LogP contribution in [0.3, 0.4) is 0 Å². The van der Waals surface area contributed by atoms with E-state index in [0.29, 0.717) is 11.3 Å². The van der Waals surface area contributed by atoms with Crippen molar-refractivity contribution in [3.05, 3.63) is 6.20 Å². The van der Waals surface area contributed by atoms with Crippen LogP contribution in [-0.2, 0) is 0 Å². The second-order valence-corrected chi connectivity index (χ2v) is 5.92. The second-order valence-electron chi connectivity index (χ2n) is 4.67. The number of anilines is 1. The smallest absolute Gasteiger partial charge is 0.257 e. The number of thioether (sulfide) groups is 1. The highest BCUT2D eigenvalue weighted by molar-refractivity contribution is 7.99.